The number of rotatable bonds is 6. The van der Waals surface area contributed by atoms with Crippen LogP contribution in [-0.2, 0) is 14.3 Å². The number of hydrogen-bond acceptors (Lipinski definition) is 4. The summed E-state index contributed by atoms with van der Waals surface area (Å²) >= 11 is 5.84. The molecule has 1 atom stereocenters. The highest BCUT2D eigenvalue weighted by Crippen LogP contribution is 2.23. The third-order valence-electron chi connectivity index (χ3n) is 3.39. The van der Waals surface area contributed by atoms with E-state index in [0.717, 1.165) is 12.1 Å². The first-order valence-electron chi connectivity index (χ1n) is 7.68. The summed E-state index contributed by atoms with van der Waals surface area (Å²) in [5, 5.41) is 2.52. The Labute approximate surface area is 155 Å². The van der Waals surface area contributed by atoms with Gasteiger partial charge < -0.3 is 14.8 Å². The van der Waals surface area contributed by atoms with E-state index in [-0.39, 0.29) is 10.7 Å². The first kappa shape index (κ1) is 19.5. The molecular weight excluding hydrogens is 361 g/mol. The van der Waals surface area contributed by atoms with Crippen LogP contribution in [0.2, 0.25) is 5.02 Å². The molecule has 0 aromatic heterocycles. The first-order valence-corrected chi connectivity index (χ1v) is 8.06. The van der Waals surface area contributed by atoms with Crippen LogP contribution in [0.1, 0.15) is 12.5 Å². The lowest BCUT2D eigenvalue weighted by molar-refractivity contribution is -0.148. The summed E-state index contributed by atoms with van der Waals surface area (Å²) in [6.45, 7) is 1.42. The van der Waals surface area contributed by atoms with Crippen LogP contribution in [0.25, 0.3) is 6.08 Å². The summed E-state index contributed by atoms with van der Waals surface area (Å²) in [5.41, 5.74) is 0.924. The van der Waals surface area contributed by atoms with Crippen LogP contribution in [0, 0.1) is 5.82 Å². The minimum Gasteiger partial charge on any atom is -0.496 e. The van der Waals surface area contributed by atoms with Gasteiger partial charge in [-0.3, -0.25) is 4.79 Å². The Bertz CT molecular complexity index is 838. The molecular formula is C19H17ClFNO4. The lowest BCUT2D eigenvalue weighted by Gasteiger charge is -2.13. The second kappa shape index (κ2) is 9.01. The number of carbonyl (C=O) groups is 2. The molecule has 0 saturated carbocycles. The number of nitrogens with one attached hydrogen (secondary N) is 1. The van der Waals surface area contributed by atoms with Crippen molar-refractivity contribution in [2.75, 3.05) is 12.4 Å². The van der Waals surface area contributed by atoms with E-state index in [1.54, 1.807) is 18.2 Å². The predicted molar refractivity (Wildman–Crippen MR) is 97.6 cm³/mol. The maximum absolute atomic E-state index is 13.0. The number of ether oxygens (including phenoxy) is 2. The van der Waals surface area contributed by atoms with Crippen molar-refractivity contribution in [3.8, 4) is 5.75 Å². The van der Waals surface area contributed by atoms with Gasteiger partial charge in [-0.15, -0.1) is 0 Å². The van der Waals surface area contributed by atoms with E-state index in [1.807, 2.05) is 6.07 Å². The second-order valence-electron chi connectivity index (χ2n) is 5.27. The zero-order valence-electron chi connectivity index (χ0n) is 14.2. The fraction of sp³-hybridized carbons (Fsp3) is 0.158. The lowest BCUT2D eigenvalue weighted by Crippen LogP contribution is -2.29. The van der Waals surface area contributed by atoms with Gasteiger partial charge in [0.05, 0.1) is 17.8 Å². The average Bonchev–Trinajstić information content (AvgIpc) is 2.62. The van der Waals surface area contributed by atoms with Crippen molar-refractivity contribution in [3.05, 3.63) is 64.9 Å². The molecule has 26 heavy (non-hydrogen) atoms. The van der Waals surface area contributed by atoms with Crippen molar-refractivity contribution in [2.45, 2.75) is 13.0 Å². The summed E-state index contributed by atoms with van der Waals surface area (Å²) < 4.78 is 23.2. The van der Waals surface area contributed by atoms with Crippen LogP contribution in [0.5, 0.6) is 5.75 Å². The summed E-state index contributed by atoms with van der Waals surface area (Å²) in [7, 11) is 1.53. The molecule has 1 N–H and O–H groups in total. The van der Waals surface area contributed by atoms with Gasteiger partial charge in [0, 0.05) is 11.6 Å². The molecule has 0 saturated heterocycles. The van der Waals surface area contributed by atoms with Crippen LogP contribution in [0.15, 0.2) is 48.5 Å². The van der Waals surface area contributed by atoms with Gasteiger partial charge in [0.25, 0.3) is 5.91 Å². The number of benzene rings is 2. The average molecular weight is 378 g/mol. The highest BCUT2D eigenvalue weighted by Gasteiger charge is 2.18. The zero-order chi connectivity index (χ0) is 19.1. The van der Waals surface area contributed by atoms with Gasteiger partial charge in [0.15, 0.2) is 6.10 Å². The maximum atomic E-state index is 13.0. The fourth-order valence-electron chi connectivity index (χ4n) is 2.05. The summed E-state index contributed by atoms with van der Waals surface area (Å²) in [5.74, 6) is -1.19. The molecule has 5 nitrogen and oxygen atoms in total. The Morgan fingerprint density at radius 2 is 1.96 bits per heavy atom. The molecule has 0 spiro atoms. The fourth-order valence-corrected chi connectivity index (χ4v) is 2.27. The van der Waals surface area contributed by atoms with Gasteiger partial charge in [-0.2, -0.15) is 0 Å². The summed E-state index contributed by atoms with van der Waals surface area (Å²) in [6, 6.07) is 10.7. The number of amides is 1. The van der Waals surface area contributed by atoms with Crippen molar-refractivity contribution in [3.63, 3.8) is 0 Å². The number of methoxy groups -OCH3 is 1. The topological polar surface area (TPSA) is 64.6 Å². The van der Waals surface area contributed by atoms with Crippen molar-refractivity contribution in [2.24, 2.45) is 0 Å². The van der Waals surface area contributed by atoms with Crippen LogP contribution >= 0.6 is 11.6 Å². The molecule has 0 heterocycles. The number of anilines is 1. The number of carbonyl (C=O) groups excluding carboxylic acids is 2. The van der Waals surface area contributed by atoms with Gasteiger partial charge in [-0.25, -0.2) is 9.18 Å². The molecule has 2 rings (SSSR count). The standard InChI is InChI=1S/C19H17ClFNO4/c1-12(19(24)22-16-9-8-14(21)11-15(16)20)26-18(23)10-7-13-5-3-4-6-17(13)25-2/h3-12H,1-2H3,(H,22,24)/b10-7+/t12-/m1/s1. The highest BCUT2D eigenvalue weighted by molar-refractivity contribution is 6.33. The Balaban J connectivity index is 1.95. The third-order valence-corrected chi connectivity index (χ3v) is 3.70. The van der Waals surface area contributed by atoms with Gasteiger partial charge >= 0.3 is 5.97 Å². The van der Waals surface area contributed by atoms with Crippen molar-refractivity contribution < 1.29 is 23.5 Å². The molecule has 7 heteroatoms. The van der Waals surface area contributed by atoms with Gasteiger partial charge in [0.1, 0.15) is 11.6 Å². The summed E-state index contributed by atoms with van der Waals surface area (Å²) in [6.07, 6.45) is 1.67. The zero-order valence-corrected chi connectivity index (χ0v) is 14.9. The molecule has 1 amide bonds. The van der Waals surface area contributed by atoms with Gasteiger partial charge in [0.2, 0.25) is 0 Å². The maximum Gasteiger partial charge on any atom is 0.331 e. The van der Waals surface area contributed by atoms with Crippen molar-refractivity contribution >= 4 is 35.2 Å². The predicted octanol–water partition coefficient (Wildman–Crippen LogP) is 4.07. The van der Waals surface area contributed by atoms with Crippen LogP contribution in [0.4, 0.5) is 10.1 Å². The number of para-hydroxylation sites is 1. The quantitative estimate of drug-likeness (QED) is 0.608. The monoisotopic (exact) mass is 377 g/mol. The second-order valence-corrected chi connectivity index (χ2v) is 5.68. The molecule has 0 aliphatic heterocycles. The Hall–Kier alpha value is -2.86. The Kier molecular flexibility index (Phi) is 6.74. The van der Waals surface area contributed by atoms with Crippen molar-refractivity contribution in [1.29, 1.82) is 0 Å². The molecule has 0 aliphatic carbocycles. The largest absolute Gasteiger partial charge is 0.496 e. The Morgan fingerprint density at radius 1 is 1.23 bits per heavy atom. The molecule has 2 aromatic carbocycles. The molecule has 0 radical (unpaired) electrons. The highest BCUT2D eigenvalue weighted by atomic mass is 35.5. The van der Waals surface area contributed by atoms with Crippen LogP contribution < -0.4 is 10.1 Å². The molecule has 0 fully saturated rings. The van der Waals surface area contributed by atoms with Crippen LogP contribution in [0.3, 0.4) is 0 Å². The number of halogens is 2. The third kappa shape index (κ3) is 5.32. The van der Waals surface area contributed by atoms with Gasteiger partial charge in [-0.05, 0) is 37.3 Å². The molecule has 0 unspecified atom stereocenters. The summed E-state index contributed by atoms with van der Waals surface area (Å²) in [4.78, 5) is 24.0. The smallest absolute Gasteiger partial charge is 0.331 e. The first-order chi connectivity index (χ1) is 12.4. The minimum atomic E-state index is -1.06. The van der Waals surface area contributed by atoms with E-state index in [0.29, 0.717) is 11.3 Å². The SMILES string of the molecule is COc1ccccc1/C=C/C(=O)O[C@H](C)C(=O)Nc1ccc(F)cc1Cl. The van der Waals surface area contributed by atoms with Gasteiger partial charge in [-0.1, -0.05) is 29.8 Å². The van der Waals surface area contributed by atoms with Crippen LogP contribution in [-0.4, -0.2) is 25.1 Å². The van der Waals surface area contributed by atoms with E-state index in [1.165, 1.54) is 32.3 Å². The normalized spacial score (nSPS) is 11.8. The minimum absolute atomic E-state index is 0.0490. The number of esters is 1. The van der Waals surface area contributed by atoms with Crippen molar-refractivity contribution in [1.82, 2.24) is 0 Å². The molecule has 136 valence electrons. The van der Waals surface area contributed by atoms with E-state index in [2.05, 4.69) is 5.32 Å². The van der Waals surface area contributed by atoms with E-state index in [4.69, 9.17) is 21.1 Å². The Morgan fingerprint density at radius 3 is 2.65 bits per heavy atom. The van der Waals surface area contributed by atoms with E-state index in [9.17, 15) is 14.0 Å². The van der Waals surface area contributed by atoms with E-state index < -0.39 is 23.8 Å². The molecule has 2 aromatic rings. The molecule has 0 bridgehead atoms. The number of hydrogen-bond donors (Lipinski definition) is 1. The van der Waals surface area contributed by atoms with E-state index >= 15 is 0 Å². The lowest BCUT2D eigenvalue weighted by atomic mass is 10.2. The molecule has 0 aliphatic rings.